The van der Waals surface area contributed by atoms with E-state index in [1.807, 2.05) is 32.9 Å². The average Bonchev–Trinajstić information content (AvgIpc) is 2.93. The summed E-state index contributed by atoms with van der Waals surface area (Å²) in [5.74, 6) is -0.778. The van der Waals surface area contributed by atoms with Crippen molar-refractivity contribution in [2.45, 2.75) is 27.3 Å². The van der Waals surface area contributed by atoms with Gasteiger partial charge in [0.25, 0.3) is 5.56 Å². The van der Waals surface area contributed by atoms with Gasteiger partial charge in [-0.3, -0.25) is 19.0 Å². The van der Waals surface area contributed by atoms with Crippen molar-refractivity contribution < 1.29 is 9.59 Å². The second kappa shape index (κ2) is 8.24. The summed E-state index contributed by atoms with van der Waals surface area (Å²) in [4.78, 5) is 42.8. The van der Waals surface area contributed by atoms with Gasteiger partial charge in [-0.2, -0.15) is 0 Å². The van der Waals surface area contributed by atoms with Crippen LogP contribution in [-0.2, 0) is 16.1 Å². The zero-order valence-corrected chi connectivity index (χ0v) is 18.0. The molecule has 0 saturated heterocycles. The first-order valence-corrected chi connectivity index (χ1v) is 10.1. The number of amides is 2. The molecule has 0 spiro atoms. The predicted molar refractivity (Wildman–Crippen MR) is 114 cm³/mol. The number of benzene rings is 1. The van der Waals surface area contributed by atoms with Gasteiger partial charge in [0.15, 0.2) is 0 Å². The largest absolute Gasteiger partial charge is 0.345 e. The Morgan fingerprint density at radius 2 is 1.96 bits per heavy atom. The summed E-state index contributed by atoms with van der Waals surface area (Å²) in [6.45, 7) is 5.30. The Hall–Kier alpha value is -2.52. The van der Waals surface area contributed by atoms with Crippen LogP contribution in [0.3, 0.4) is 0 Å². The van der Waals surface area contributed by atoms with Crippen LogP contribution in [0.25, 0.3) is 10.2 Å². The molecule has 0 bridgehead atoms. The van der Waals surface area contributed by atoms with Crippen LogP contribution in [0.15, 0.2) is 33.8 Å². The van der Waals surface area contributed by atoms with Crippen molar-refractivity contribution >= 4 is 55.0 Å². The van der Waals surface area contributed by atoms with Crippen LogP contribution in [0.1, 0.15) is 16.0 Å². The summed E-state index contributed by atoms with van der Waals surface area (Å²) < 4.78 is 2.18. The third-order valence-corrected chi connectivity index (χ3v) is 5.99. The number of aromatic nitrogens is 2. The number of thiophene rings is 1. The highest BCUT2D eigenvalue weighted by Gasteiger charge is 2.14. The standard InChI is InChI=1S/C19H19BrN4O3S/c1-10-6-13(20)4-5-14(10)23-15(25)7-21-16(26)8-24-9-22-18-17(19(24)27)11(2)12(3)28-18/h4-6,9H,7-8H2,1-3H3,(H,21,26)(H,23,25). The molecule has 0 saturated carbocycles. The molecule has 2 N–H and O–H groups in total. The number of carbonyl (C=O) groups is 2. The summed E-state index contributed by atoms with van der Waals surface area (Å²) in [5, 5.41) is 5.82. The monoisotopic (exact) mass is 462 g/mol. The zero-order chi connectivity index (χ0) is 20.4. The number of halogens is 1. The summed E-state index contributed by atoms with van der Waals surface area (Å²) in [6, 6.07) is 5.49. The smallest absolute Gasteiger partial charge is 0.262 e. The first kappa shape index (κ1) is 20.2. The fourth-order valence-corrected chi connectivity index (χ4v) is 4.20. The van der Waals surface area contributed by atoms with Crippen molar-refractivity contribution in [1.29, 1.82) is 0 Å². The van der Waals surface area contributed by atoms with E-state index in [-0.39, 0.29) is 24.6 Å². The van der Waals surface area contributed by atoms with Crippen LogP contribution < -0.4 is 16.2 Å². The molecule has 146 valence electrons. The molecular formula is C19H19BrN4O3S. The maximum Gasteiger partial charge on any atom is 0.262 e. The number of nitrogens with zero attached hydrogens (tertiary/aromatic N) is 2. The molecule has 0 unspecified atom stereocenters. The molecular weight excluding hydrogens is 444 g/mol. The van der Waals surface area contributed by atoms with Gasteiger partial charge in [0.1, 0.15) is 11.4 Å². The van der Waals surface area contributed by atoms with E-state index in [4.69, 9.17) is 0 Å². The highest BCUT2D eigenvalue weighted by Crippen LogP contribution is 2.25. The maximum atomic E-state index is 12.6. The van der Waals surface area contributed by atoms with Crippen LogP contribution in [0.5, 0.6) is 0 Å². The number of hydrogen-bond donors (Lipinski definition) is 2. The number of aryl methyl sites for hydroxylation is 3. The van der Waals surface area contributed by atoms with Crippen LogP contribution in [0.2, 0.25) is 0 Å². The van der Waals surface area contributed by atoms with Crippen molar-refractivity contribution in [3.05, 3.63) is 55.4 Å². The molecule has 0 radical (unpaired) electrons. The summed E-state index contributed by atoms with van der Waals surface area (Å²) in [6.07, 6.45) is 1.37. The molecule has 7 nitrogen and oxygen atoms in total. The Morgan fingerprint density at radius 1 is 1.21 bits per heavy atom. The summed E-state index contributed by atoms with van der Waals surface area (Å²) >= 11 is 4.82. The number of rotatable bonds is 5. The van der Waals surface area contributed by atoms with E-state index in [0.717, 1.165) is 20.5 Å². The first-order chi connectivity index (χ1) is 13.3. The quantitative estimate of drug-likeness (QED) is 0.609. The first-order valence-electron chi connectivity index (χ1n) is 8.54. The molecule has 0 atom stereocenters. The fourth-order valence-electron chi connectivity index (χ4n) is 2.73. The SMILES string of the molecule is Cc1cc(Br)ccc1NC(=O)CNC(=O)Cn1cnc2sc(C)c(C)c2c1=O. The van der Waals surface area contributed by atoms with E-state index in [1.54, 1.807) is 6.07 Å². The second-order valence-corrected chi connectivity index (χ2v) is 8.54. The highest BCUT2D eigenvalue weighted by atomic mass is 79.9. The van der Waals surface area contributed by atoms with E-state index >= 15 is 0 Å². The summed E-state index contributed by atoms with van der Waals surface area (Å²) in [5.41, 5.74) is 2.21. The van der Waals surface area contributed by atoms with Gasteiger partial charge in [-0.05, 0) is 50.1 Å². The van der Waals surface area contributed by atoms with Gasteiger partial charge in [-0.15, -0.1) is 11.3 Å². The van der Waals surface area contributed by atoms with Crippen LogP contribution in [0, 0.1) is 20.8 Å². The molecule has 0 fully saturated rings. The van der Waals surface area contributed by atoms with Crippen molar-refractivity contribution in [1.82, 2.24) is 14.9 Å². The predicted octanol–water partition coefficient (Wildman–Crippen LogP) is 2.90. The minimum atomic E-state index is -0.435. The van der Waals surface area contributed by atoms with Gasteiger partial charge in [0.05, 0.1) is 18.3 Å². The molecule has 0 aliphatic carbocycles. The van der Waals surface area contributed by atoms with E-state index in [2.05, 4.69) is 31.5 Å². The Labute approximate surface area is 173 Å². The molecule has 1 aromatic carbocycles. The Morgan fingerprint density at radius 3 is 2.68 bits per heavy atom. The minimum Gasteiger partial charge on any atom is -0.345 e. The molecule has 3 aromatic rings. The van der Waals surface area contributed by atoms with Gasteiger partial charge in [0.2, 0.25) is 11.8 Å². The van der Waals surface area contributed by atoms with E-state index in [9.17, 15) is 14.4 Å². The molecule has 2 amide bonds. The lowest BCUT2D eigenvalue weighted by Gasteiger charge is -2.10. The number of fused-ring (bicyclic) bond motifs is 1. The van der Waals surface area contributed by atoms with Crippen molar-refractivity contribution in [3.63, 3.8) is 0 Å². The maximum absolute atomic E-state index is 12.6. The van der Waals surface area contributed by atoms with Crippen LogP contribution >= 0.6 is 27.3 Å². The van der Waals surface area contributed by atoms with Gasteiger partial charge >= 0.3 is 0 Å². The lowest BCUT2D eigenvalue weighted by molar-refractivity contribution is -0.124. The van der Waals surface area contributed by atoms with Crippen molar-refractivity contribution in [2.75, 3.05) is 11.9 Å². The number of nitrogens with one attached hydrogen (secondary N) is 2. The van der Waals surface area contributed by atoms with Crippen molar-refractivity contribution in [3.8, 4) is 0 Å². The van der Waals surface area contributed by atoms with E-state index in [0.29, 0.717) is 15.9 Å². The number of anilines is 1. The fraction of sp³-hybridized carbons (Fsp3) is 0.263. The second-order valence-electron chi connectivity index (χ2n) is 6.43. The average molecular weight is 463 g/mol. The number of hydrogen-bond acceptors (Lipinski definition) is 5. The van der Waals surface area contributed by atoms with E-state index in [1.165, 1.54) is 22.2 Å². The normalized spacial score (nSPS) is 10.9. The molecule has 3 rings (SSSR count). The molecule has 2 aromatic heterocycles. The molecule has 0 aliphatic rings. The lowest BCUT2D eigenvalue weighted by atomic mass is 10.2. The Balaban J connectivity index is 1.62. The van der Waals surface area contributed by atoms with Gasteiger partial charge in [-0.25, -0.2) is 4.98 Å². The van der Waals surface area contributed by atoms with Crippen LogP contribution in [0.4, 0.5) is 5.69 Å². The Bertz CT molecular complexity index is 1140. The lowest BCUT2D eigenvalue weighted by Crippen LogP contribution is -2.37. The minimum absolute atomic E-state index is 0.185. The number of carbonyl (C=O) groups excluding carboxylic acids is 2. The van der Waals surface area contributed by atoms with E-state index < -0.39 is 5.91 Å². The Kier molecular flexibility index (Phi) is 5.95. The third-order valence-electron chi connectivity index (χ3n) is 4.38. The zero-order valence-electron chi connectivity index (χ0n) is 15.6. The molecule has 0 aliphatic heterocycles. The molecule has 28 heavy (non-hydrogen) atoms. The topological polar surface area (TPSA) is 93.1 Å². The summed E-state index contributed by atoms with van der Waals surface area (Å²) in [7, 11) is 0. The van der Waals surface area contributed by atoms with Crippen molar-refractivity contribution in [2.24, 2.45) is 0 Å². The van der Waals surface area contributed by atoms with Gasteiger partial charge in [0, 0.05) is 15.0 Å². The van der Waals surface area contributed by atoms with Crippen LogP contribution in [-0.4, -0.2) is 27.9 Å². The molecule has 2 heterocycles. The van der Waals surface area contributed by atoms with Gasteiger partial charge < -0.3 is 10.6 Å². The third kappa shape index (κ3) is 4.31. The highest BCUT2D eigenvalue weighted by molar-refractivity contribution is 9.10. The van der Waals surface area contributed by atoms with Gasteiger partial charge in [-0.1, -0.05) is 15.9 Å². The molecule has 9 heteroatoms.